The van der Waals surface area contributed by atoms with E-state index in [1.807, 2.05) is 6.92 Å². The minimum Gasteiger partial charge on any atom is -0.275 e. The van der Waals surface area contributed by atoms with Gasteiger partial charge in [0.2, 0.25) is 0 Å². The Balaban J connectivity index is 0.000000561. The summed E-state index contributed by atoms with van der Waals surface area (Å²) in [5.41, 5.74) is 0. The molecular weight excluding hydrogens is 154 g/mol. The topological polar surface area (TPSA) is 37.4 Å². The van der Waals surface area contributed by atoms with Crippen molar-refractivity contribution in [2.75, 3.05) is 6.54 Å². The van der Waals surface area contributed by atoms with Crippen molar-refractivity contribution in [3.05, 3.63) is 25.3 Å². The minimum absolute atomic E-state index is 0.188. The van der Waals surface area contributed by atoms with Gasteiger partial charge >= 0.3 is 0 Å². The van der Waals surface area contributed by atoms with Gasteiger partial charge in [-0.05, 0) is 6.42 Å². The number of carbonyl (C=O) groups excluding carboxylic acids is 2. The van der Waals surface area contributed by atoms with Gasteiger partial charge in [0.1, 0.15) is 0 Å². The van der Waals surface area contributed by atoms with Crippen molar-refractivity contribution >= 4 is 11.8 Å². The number of hydrogen-bond donors (Lipinski definition) is 0. The molecule has 1 aliphatic rings. The number of carbonyl (C=O) groups is 2. The summed E-state index contributed by atoms with van der Waals surface area (Å²) in [5.74, 6) is -0.376. The second-order valence-corrected chi connectivity index (χ2v) is 2.16. The minimum atomic E-state index is -0.188. The third-order valence-corrected chi connectivity index (χ3v) is 1.35. The van der Waals surface area contributed by atoms with Gasteiger partial charge in [0.05, 0.1) is 0 Å². The van der Waals surface area contributed by atoms with Crippen LogP contribution in [0.5, 0.6) is 0 Å². The zero-order valence-electron chi connectivity index (χ0n) is 7.25. The zero-order chi connectivity index (χ0) is 9.56. The van der Waals surface area contributed by atoms with E-state index >= 15 is 0 Å². The van der Waals surface area contributed by atoms with Gasteiger partial charge in [0.15, 0.2) is 0 Å². The fraction of sp³-hybridized carbons (Fsp3) is 0.333. The molecule has 66 valence electrons. The molecule has 0 saturated heterocycles. The lowest BCUT2D eigenvalue weighted by Gasteiger charge is -2.10. The molecule has 0 unspecified atom stereocenters. The Kier molecular flexibility index (Phi) is 4.69. The molecule has 0 aromatic carbocycles. The maximum Gasteiger partial charge on any atom is 0.253 e. The van der Waals surface area contributed by atoms with Crippen LogP contribution in [-0.4, -0.2) is 23.3 Å². The molecule has 0 radical (unpaired) electrons. The van der Waals surface area contributed by atoms with E-state index in [-0.39, 0.29) is 11.8 Å². The largest absolute Gasteiger partial charge is 0.275 e. The fourth-order valence-corrected chi connectivity index (χ4v) is 0.875. The number of rotatable bonds is 2. The van der Waals surface area contributed by atoms with Crippen LogP contribution in [0.25, 0.3) is 0 Å². The van der Waals surface area contributed by atoms with Crippen molar-refractivity contribution in [1.82, 2.24) is 4.90 Å². The Bertz CT molecular complexity index is 191. The molecule has 2 amide bonds. The molecule has 1 rings (SSSR count). The van der Waals surface area contributed by atoms with Crippen molar-refractivity contribution in [1.29, 1.82) is 0 Å². The van der Waals surface area contributed by atoms with Gasteiger partial charge in [0, 0.05) is 18.7 Å². The van der Waals surface area contributed by atoms with E-state index in [9.17, 15) is 9.59 Å². The Labute approximate surface area is 72.4 Å². The lowest BCUT2D eigenvalue weighted by Crippen LogP contribution is -2.30. The molecule has 0 bridgehead atoms. The first-order valence-corrected chi connectivity index (χ1v) is 3.79. The van der Waals surface area contributed by atoms with Gasteiger partial charge in [-0.1, -0.05) is 6.92 Å². The van der Waals surface area contributed by atoms with Crippen LogP contribution in [0, 0.1) is 0 Å². The van der Waals surface area contributed by atoms with E-state index in [1.165, 1.54) is 17.1 Å². The lowest BCUT2D eigenvalue weighted by molar-refractivity contribution is -0.136. The highest BCUT2D eigenvalue weighted by Gasteiger charge is 2.21. The Hall–Kier alpha value is -1.38. The summed E-state index contributed by atoms with van der Waals surface area (Å²) in [7, 11) is 0. The standard InChI is InChI=1S/C7H9NO2.C2H4/c1-2-5-8-6(9)3-4-7(8)10;1-2/h3-4H,2,5H2,1H3;1-2H2. The van der Waals surface area contributed by atoms with Crippen molar-refractivity contribution in [2.45, 2.75) is 13.3 Å². The number of amides is 2. The summed E-state index contributed by atoms with van der Waals surface area (Å²) in [6, 6.07) is 0. The van der Waals surface area contributed by atoms with Crippen molar-refractivity contribution in [2.24, 2.45) is 0 Å². The molecule has 0 aromatic rings. The Morgan fingerprint density at radius 2 is 1.67 bits per heavy atom. The first-order valence-electron chi connectivity index (χ1n) is 3.79. The van der Waals surface area contributed by atoms with E-state index in [0.29, 0.717) is 6.54 Å². The van der Waals surface area contributed by atoms with Gasteiger partial charge in [-0.3, -0.25) is 14.5 Å². The second-order valence-electron chi connectivity index (χ2n) is 2.16. The highest BCUT2D eigenvalue weighted by molar-refractivity contribution is 6.12. The predicted octanol–water partition coefficient (Wildman–Crippen LogP) is 1.12. The third-order valence-electron chi connectivity index (χ3n) is 1.35. The molecule has 1 aliphatic heterocycles. The maximum absolute atomic E-state index is 10.8. The molecule has 3 nitrogen and oxygen atoms in total. The molecule has 0 atom stereocenters. The van der Waals surface area contributed by atoms with Crippen molar-refractivity contribution < 1.29 is 9.59 Å². The first kappa shape index (κ1) is 10.6. The smallest absolute Gasteiger partial charge is 0.253 e. The summed E-state index contributed by atoms with van der Waals surface area (Å²) in [4.78, 5) is 22.8. The van der Waals surface area contributed by atoms with Crippen molar-refractivity contribution in [3.63, 3.8) is 0 Å². The highest BCUT2D eigenvalue weighted by atomic mass is 16.2. The monoisotopic (exact) mass is 167 g/mol. The molecule has 12 heavy (non-hydrogen) atoms. The van der Waals surface area contributed by atoms with Crippen LogP contribution in [0.2, 0.25) is 0 Å². The molecule has 0 N–H and O–H groups in total. The zero-order valence-corrected chi connectivity index (χ0v) is 7.25. The highest BCUT2D eigenvalue weighted by Crippen LogP contribution is 2.02. The van der Waals surface area contributed by atoms with E-state index in [1.54, 1.807) is 0 Å². The van der Waals surface area contributed by atoms with Gasteiger partial charge < -0.3 is 0 Å². The summed E-state index contributed by atoms with van der Waals surface area (Å²) in [6.45, 7) is 8.46. The number of imide groups is 1. The maximum atomic E-state index is 10.8. The second kappa shape index (κ2) is 5.29. The molecule has 0 saturated carbocycles. The average molecular weight is 167 g/mol. The number of hydrogen-bond acceptors (Lipinski definition) is 2. The summed E-state index contributed by atoms with van der Waals surface area (Å²) >= 11 is 0. The molecular formula is C9H13NO2. The molecule has 1 heterocycles. The Morgan fingerprint density at radius 1 is 1.25 bits per heavy atom. The SMILES string of the molecule is C=C.CCCN1C(=O)C=CC1=O. The normalized spacial score (nSPS) is 14.6. The molecule has 0 fully saturated rings. The van der Waals surface area contributed by atoms with Crippen LogP contribution in [0.4, 0.5) is 0 Å². The third kappa shape index (κ3) is 2.34. The molecule has 0 aromatic heterocycles. The molecule has 3 heteroatoms. The van der Waals surface area contributed by atoms with Crippen LogP contribution in [0.15, 0.2) is 25.3 Å². The van der Waals surface area contributed by atoms with Gasteiger partial charge in [0.25, 0.3) is 11.8 Å². The quantitative estimate of drug-likeness (QED) is 0.456. The Morgan fingerprint density at radius 3 is 2.00 bits per heavy atom. The predicted molar refractivity (Wildman–Crippen MR) is 47.4 cm³/mol. The van der Waals surface area contributed by atoms with Gasteiger partial charge in [-0.2, -0.15) is 0 Å². The summed E-state index contributed by atoms with van der Waals surface area (Å²) in [5, 5.41) is 0. The van der Waals surface area contributed by atoms with E-state index < -0.39 is 0 Å². The average Bonchev–Trinajstić information content (AvgIpc) is 2.40. The summed E-state index contributed by atoms with van der Waals surface area (Å²) in [6.07, 6.45) is 3.43. The first-order chi connectivity index (χ1) is 5.75. The summed E-state index contributed by atoms with van der Waals surface area (Å²) < 4.78 is 0. The lowest BCUT2D eigenvalue weighted by atomic mass is 10.4. The fourth-order valence-electron chi connectivity index (χ4n) is 0.875. The van der Waals surface area contributed by atoms with Gasteiger partial charge in [-0.15, -0.1) is 13.2 Å². The van der Waals surface area contributed by atoms with Crippen LogP contribution in [0.3, 0.4) is 0 Å². The van der Waals surface area contributed by atoms with Crippen molar-refractivity contribution in [3.8, 4) is 0 Å². The molecule has 0 aliphatic carbocycles. The van der Waals surface area contributed by atoms with Crippen LogP contribution < -0.4 is 0 Å². The molecule has 0 spiro atoms. The van der Waals surface area contributed by atoms with Crippen LogP contribution >= 0.6 is 0 Å². The van der Waals surface area contributed by atoms with Crippen LogP contribution in [0.1, 0.15) is 13.3 Å². The number of nitrogens with zero attached hydrogens (tertiary/aromatic N) is 1. The van der Waals surface area contributed by atoms with E-state index in [2.05, 4.69) is 13.2 Å². The van der Waals surface area contributed by atoms with E-state index in [4.69, 9.17) is 0 Å². The van der Waals surface area contributed by atoms with Gasteiger partial charge in [-0.25, -0.2) is 0 Å². The van der Waals surface area contributed by atoms with Crippen LogP contribution in [-0.2, 0) is 9.59 Å². The van der Waals surface area contributed by atoms with E-state index in [0.717, 1.165) is 6.42 Å².